The van der Waals surface area contributed by atoms with Gasteiger partial charge in [-0.25, -0.2) is 4.79 Å². The van der Waals surface area contributed by atoms with Crippen LogP contribution in [0.15, 0.2) is 18.2 Å². The van der Waals surface area contributed by atoms with Gasteiger partial charge in [0.2, 0.25) is 0 Å². The van der Waals surface area contributed by atoms with E-state index < -0.39 is 5.97 Å². The third-order valence-corrected chi connectivity index (χ3v) is 2.47. The lowest BCUT2D eigenvalue weighted by atomic mass is 10.2. The predicted molar refractivity (Wildman–Crippen MR) is 64.8 cm³/mol. The Morgan fingerprint density at radius 1 is 1.59 bits per heavy atom. The fourth-order valence-electron chi connectivity index (χ4n) is 1.36. The lowest BCUT2D eigenvalue weighted by molar-refractivity contribution is 0.0697. The highest BCUT2D eigenvalue weighted by Crippen LogP contribution is 2.21. The van der Waals surface area contributed by atoms with E-state index in [1.54, 1.807) is 6.07 Å². The lowest BCUT2D eigenvalue weighted by Gasteiger charge is -2.16. The first-order valence-electron chi connectivity index (χ1n) is 4.97. The number of nitrogens with one attached hydrogen (secondary N) is 1. The number of aromatic carboxylic acids is 1. The van der Waals surface area contributed by atoms with Crippen molar-refractivity contribution in [2.24, 2.45) is 0 Å². The van der Waals surface area contributed by atoms with E-state index >= 15 is 0 Å². The van der Waals surface area contributed by atoms with E-state index in [2.05, 4.69) is 5.32 Å². The largest absolute Gasteiger partial charge is 0.478 e. The van der Waals surface area contributed by atoms with Gasteiger partial charge in [-0.05, 0) is 18.2 Å². The average Bonchev–Trinajstić information content (AvgIpc) is 2.28. The van der Waals surface area contributed by atoms with Gasteiger partial charge in [0.05, 0.1) is 29.8 Å². The Bertz CT molecular complexity index is 397. The summed E-state index contributed by atoms with van der Waals surface area (Å²) in [6.45, 7) is 0.251. The second kappa shape index (κ2) is 6.44. The number of hydrogen-bond donors (Lipinski definition) is 3. The molecule has 3 N–H and O–H groups in total. The average molecular weight is 260 g/mol. The zero-order chi connectivity index (χ0) is 12.8. The molecule has 0 aromatic heterocycles. The number of hydrogen-bond acceptors (Lipinski definition) is 4. The van der Waals surface area contributed by atoms with Crippen LogP contribution in [-0.2, 0) is 4.74 Å². The first kappa shape index (κ1) is 13.8. The summed E-state index contributed by atoms with van der Waals surface area (Å²) in [7, 11) is 1.53. The number of carboxylic acid groups (broad SMARTS) is 1. The van der Waals surface area contributed by atoms with E-state index in [4.69, 9.17) is 26.6 Å². The summed E-state index contributed by atoms with van der Waals surface area (Å²) in [5, 5.41) is 21.0. The van der Waals surface area contributed by atoms with E-state index in [9.17, 15) is 4.79 Å². The summed E-state index contributed by atoms with van der Waals surface area (Å²) in [5.74, 6) is -1.07. The Morgan fingerprint density at radius 3 is 2.76 bits per heavy atom. The second-order valence-electron chi connectivity index (χ2n) is 3.48. The number of aliphatic hydroxyl groups excluding tert-OH is 1. The summed E-state index contributed by atoms with van der Waals surface area (Å²) >= 11 is 5.81. The molecule has 0 aliphatic carbocycles. The number of benzene rings is 1. The van der Waals surface area contributed by atoms with Crippen LogP contribution < -0.4 is 5.32 Å². The normalized spacial score (nSPS) is 12.2. The molecule has 0 aliphatic heterocycles. The minimum atomic E-state index is -1.07. The second-order valence-corrected chi connectivity index (χ2v) is 3.89. The van der Waals surface area contributed by atoms with Crippen molar-refractivity contribution in [3.8, 4) is 0 Å². The van der Waals surface area contributed by atoms with E-state index in [1.807, 2.05) is 0 Å². The van der Waals surface area contributed by atoms with Gasteiger partial charge in [-0.15, -0.1) is 0 Å². The minimum absolute atomic E-state index is 0.0458. The number of anilines is 1. The summed E-state index contributed by atoms with van der Waals surface area (Å²) < 4.78 is 4.91. The zero-order valence-electron chi connectivity index (χ0n) is 9.31. The van der Waals surface area contributed by atoms with Crippen LogP contribution in [0.2, 0.25) is 5.02 Å². The molecule has 94 valence electrons. The van der Waals surface area contributed by atoms with Crippen molar-refractivity contribution in [3.05, 3.63) is 28.8 Å². The minimum Gasteiger partial charge on any atom is -0.478 e. The fourth-order valence-corrected chi connectivity index (χ4v) is 1.62. The molecule has 17 heavy (non-hydrogen) atoms. The molecule has 5 nitrogen and oxygen atoms in total. The van der Waals surface area contributed by atoms with Gasteiger partial charge in [0.15, 0.2) is 0 Å². The van der Waals surface area contributed by atoms with Crippen LogP contribution in [0.1, 0.15) is 10.4 Å². The van der Waals surface area contributed by atoms with Crippen molar-refractivity contribution in [3.63, 3.8) is 0 Å². The highest BCUT2D eigenvalue weighted by Gasteiger charge is 2.11. The molecular weight excluding hydrogens is 246 g/mol. The van der Waals surface area contributed by atoms with Gasteiger partial charge in [0.1, 0.15) is 0 Å². The smallest absolute Gasteiger partial charge is 0.337 e. The SMILES string of the molecule is COCC(CO)Nc1ccc(C(=O)O)c(Cl)c1. The van der Waals surface area contributed by atoms with Crippen molar-refractivity contribution >= 4 is 23.3 Å². The molecule has 0 aliphatic rings. The molecule has 1 unspecified atom stereocenters. The summed E-state index contributed by atoms with van der Waals surface area (Å²) in [5.41, 5.74) is 0.681. The Kier molecular flexibility index (Phi) is 5.21. The molecule has 1 atom stereocenters. The van der Waals surface area contributed by atoms with Gasteiger partial charge in [-0.3, -0.25) is 0 Å². The Balaban J connectivity index is 2.79. The molecule has 0 fully saturated rings. The van der Waals surface area contributed by atoms with Crippen LogP contribution in [0.4, 0.5) is 5.69 Å². The maximum atomic E-state index is 10.7. The summed E-state index contributed by atoms with van der Waals surface area (Å²) in [6.07, 6.45) is 0. The molecule has 0 radical (unpaired) electrons. The number of rotatable bonds is 6. The van der Waals surface area contributed by atoms with Crippen LogP contribution in [0.3, 0.4) is 0 Å². The van der Waals surface area contributed by atoms with Gasteiger partial charge in [-0.1, -0.05) is 11.6 Å². The number of ether oxygens (including phenoxy) is 1. The predicted octanol–water partition coefficient (Wildman–Crippen LogP) is 1.46. The van der Waals surface area contributed by atoms with Gasteiger partial charge < -0.3 is 20.3 Å². The Hall–Kier alpha value is -1.30. The molecule has 1 aromatic carbocycles. The number of methoxy groups -OCH3 is 1. The van der Waals surface area contributed by atoms with E-state index in [1.165, 1.54) is 19.2 Å². The van der Waals surface area contributed by atoms with Crippen LogP contribution in [0.25, 0.3) is 0 Å². The van der Waals surface area contributed by atoms with Gasteiger partial charge >= 0.3 is 5.97 Å². The number of carboxylic acids is 1. The third kappa shape index (κ3) is 3.89. The molecule has 0 saturated carbocycles. The van der Waals surface area contributed by atoms with Crippen LogP contribution in [-0.4, -0.2) is 42.5 Å². The topological polar surface area (TPSA) is 78.8 Å². The standard InChI is InChI=1S/C11H14ClNO4/c1-17-6-8(5-14)13-7-2-3-9(11(15)16)10(12)4-7/h2-4,8,13-14H,5-6H2,1H3,(H,15,16). The van der Waals surface area contributed by atoms with Crippen molar-refractivity contribution < 1.29 is 19.7 Å². The maximum Gasteiger partial charge on any atom is 0.337 e. The highest BCUT2D eigenvalue weighted by atomic mass is 35.5. The van der Waals surface area contributed by atoms with Crippen LogP contribution in [0, 0.1) is 0 Å². The molecule has 1 rings (SSSR count). The number of aliphatic hydroxyl groups is 1. The molecular formula is C11H14ClNO4. The molecule has 6 heteroatoms. The van der Waals surface area contributed by atoms with E-state index in [0.29, 0.717) is 12.3 Å². The molecule has 0 saturated heterocycles. The van der Waals surface area contributed by atoms with Gasteiger partial charge in [-0.2, -0.15) is 0 Å². The van der Waals surface area contributed by atoms with Crippen molar-refractivity contribution in [2.75, 3.05) is 25.6 Å². The van der Waals surface area contributed by atoms with Crippen molar-refractivity contribution in [1.29, 1.82) is 0 Å². The van der Waals surface area contributed by atoms with Gasteiger partial charge in [0, 0.05) is 12.8 Å². The Morgan fingerprint density at radius 2 is 2.29 bits per heavy atom. The van der Waals surface area contributed by atoms with Crippen LogP contribution in [0.5, 0.6) is 0 Å². The quantitative estimate of drug-likeness (QED) is 0.721. The maximum absolute atomic E-state index is 10.7. The number of halogens is 1. The lowest BCUT2D eigenvalue weighted by Crippen LogP contribution is -2.28. The highest BCUT2D eigenvalue weighted by molar-refractivity contribution is 6.33. The summed E-state index contributed by atoms with van der Waals surface area (Å²) in [4.78, 5) is 10.7. The molecule has 0 amide bonds. The first-order valence-corrected chi connectivity index (χ1v) is 5.35. The van der Waals surface area contributed by atoms with E-state index in [-0.39, 0.29) is 23.2 Å². The fraction of sp³-hybridized carbons (Fsp3) is 0.364. The number of carbonyl (C=O) groups is 1. The third-order valence-electron chi connectivity index (χ3n) is 2.16. The van der Waals surface area contributed by atoms with Crippen molar-refractivity contribution in [2.45, 2.75) is 6.04 Å². The van der Waals surface area contributed by atoms with Gasteiger partial charge in [0.25, 0.3) is 0 Å². The molecule has 1 aromatic rings. The van der Waals surface area contributed by atoms with Crippen LogP contribution >= 0.6 is 11.6 Å². The monoisotopic (exact) mass is 259 g/mol. The molecule has 0 bridgehead atoms. The first-order chi connectivity index (χ1) is 8.08. The molecule has 0 heterocycles. The Labute approximate surface area is 104 Å². The molecule has 0 spiro atoms. The van der Waals surface area contributed by atoms with Crippen molar-refractivity contribution in [1.82, 2.24) is 0 Å². The summed E-state index contributed by atoms with van der Waals surface area (Å²) in [6, 6.07) is 4.25. The zero-order valence-corrected chi connectivity index (χ0v) is 10.1. The van der Waals surface area contributed by atoms with E-state index in [0.717, 1.165) is 0 Å².